The first-order valence-electron chi connectivity index (χ1n) is 4.96. The zero-order chi connectivity index (χ0) is 8.23. The molecule has 12 heavy (non-hydrogen) atoms. The summed E-state index contributed by atoms with van der Waals surface area (Å²) in [5.74, 6) is 1.92. The molecule has 0 aromatic carbocycles. The summed E-state index contributed by atoms with van der Waals surface area (Å²) in [7, 11) is 0. The largest absolute Gasteiger partial charge is 0.348 e. The first kappa shape index (κ1) is 7.84. The lowest BCUT2D eigenvalue weighted by Gasteiger charge is -2.09. The van der Waals surface area contributed by atoms with Gasteiger partial charge in [-0.1, -0.05) is 25.7 Å². The average molecular weight is 164 g/mol. The summed E-state index contributed by atoms with van der Waals surface area (Å²) in [6.07, 6.45) is 12.0. The Hall–Kier alpha value is -0.790. The van der Waals surface area contributed by atoms with Gasteiger partial charge in [0.1, 0.15) is 5.82 Å². The molecule has 0 bridgehead atoms. The second-order valence-electron chi connectivity index (χ2n) is 3.66. The van der Waals surface area contributed by atoms with Gasteiger partial charge in [0.05, 0.1) is 0 Å². The lowest BCUT2D eigenvalue weighted by atomic mass is 10.00. The van der Waals surface area contributed by atoms with Gasteiger partial charge < -0.3 is 4.98 Å². The van der Waals surface area contributed by atoms with E-state index in [1.165, 1.54) is 44.3 Å². The van der Waals surface area contributed by atoms with Crippen molar-refractivity contribution in [3.63, 3.8) is 0 Å². The first-order chi connectivity index (χ1) is 5.97. The number of imidazole rings is 1. The van der Waals surface area contributed by atoms with Crippen LogP contribution in [0.4, 0.5) is 0 Å². The SMILES string of the molecule is c1c[nH]c(C2CCCCCC2)n1. The van der Waals surface area contributed by atoms with Crippen molar-refractivity contribution in [1.29, 1.82) is 0 Å². The average Bonchev–Trinajstić information content (AvgIpc) is 2.48. The van der Waals surface area contributed by atoms with Crippen molar-refractivity contribution in [2.75, 3.05) is 0 Å². The number of hydrogen-bond acceptors (Lipinski definition) is 1. The van der Waals surface area contributed by atoms with Crippen LogP contribution >= 0.6 is 0 Å². The number of aromatic amines is 1. The van der Waals surface area contributed by atoms with Crippen molar-refractivity contribution in [1.82, 2.24) is 9.97 Å². The molecule has 1 fully saturated rings. The Balaban J connectivity index is 2.02. The summed E-state index contributed by atoms with van der Waals surface area (Å²) >= 11 is 0. The van der Waals surface area contributed by atoms with Gasteiger partial charge in [0.2, 0.25) is 0 Å². The molecule has 2 heteroatoms. The molecule has 1 aliphatic rings. The van der Waals surface area contributed by atoms with Crippen LogP contribution in [-0.4, -0.2) is 9.97 Å². The third kappa shape index (κ3) is 1.68. The molecule has 0 atom stereocenters. The summed E-state index contributed by atoms with van der Waals surface area (Å²) in [6.45, 7) is 0. The van der Waals surface area contributed by atoms with E-state index in [1.807, 2.05) is 12.4 Å². The maximum Gasteiger partial charge on any atom is 0.109 e. The van der Waals surface area contributed by atoms with E-state index in [1.54, 1.807) is 0 Å². The van der Waals surface area contributed by atoms with Crippen molar-refractivity contribution in [2.45, 2.75) is 44.4 Å². The van der Waals surface area contributed by atoms with Crippen LogP contribution in [0.5, 0.6) is 0 Å². The fraction of sp³-hybridized carbons (Fsp3) is 0.700. The molecule has 66 valence electrons. The van der Waals surface area contributed by atoms with Crippen LogP contribution in [0.1, 0.15) is 50.3 Å². The number of H-pyrrole nitrogens is 1. The van der Waals surface area contributed by atoms with Crippen LogP contribution in [-0.2, 0) is 0 Å². The van der Waals surface area contributed by atoms with E-state index < -0.39 is 0 Å². The minimum Gasteiger partial charge on any atom is -0.348 e. The Morgan fingerprint density at radius 2 is 1.92 bits per heavy atom. The van der Waals surface area contributed by atoms with Gasteiger partial charge in [0, 0.05) is 18.3 Å². The van der Waals surface area contributed by atoms with E-state index in [-0.39, 0.29) is 0 Å². The molecular weight excluding hydrogens is 148 g/mol. The van der Waals surface area contributed by atoms with Gasteiger partial charge in [-0.15, -0.1) is 0 Å². The first-order valence-corrected chi connectivity index (χ1v) is 4.96. The second-order valence-corrected chi connectivity index (χ2v) is 3.66. The minimum absolute atomic E-state index is 0.711. The van der Waals surface area contributed by atoms with Gasteiger partial charge >= 0.3 is 0 Å². The smallest absolute Gasteiger partial charge is 0.109 e. The van der Waals surface area contributed by atoms with E-state index in [9.17, 15) is 0 Å². The minimum atomic E-state index is 0.711. The highest BCUT2D eigenvalue weighted by Gasteiger charge is 2.15. The van der Waals surface area contributed by atoms with Crippen LogP contribution in [0, 0.1) is 0 Å². The highest BCUT2D eigenvalue weighted by Crippen LogP contribution is 2.29. The number of aromatic nitrogens is 2. The predicted octanol–water partition coefficient (Wildman–Crippen LogP) is 2.85. The Bertz CT molecular complexity index is 208. The highest BCUT2D eigenvalue weighted by atomic mass is 14.9. The van der Waals surface area contributed by atoms with Gasteiger partial charge in [-0.25, -0.2) is 4.98 Å². The van der Waals surface area contributed by atoms with E-state index >= 15 is 0 Å². The number of nitrogens with zero attached hydrogens (tertiary/aromatic N) is 1. The topological polar surface area (TPSA) is 28.7 Å². The van der Waals surface area contributed by atoms with Crippen molar-refractivity contribution < 1.29 is 0 Å². The Morgan fingerprint density at radius 3 is 2.50 bits per heavy atom. The second kappa shape index (κ2) is 3.74. The normalized spacial score (nSPS) is 20.7. The monoisotopic (exact) mass is 164 g/mol. The van der Waals surface area contributed by atoms with Crippen molar-refractivity contribution in [3.05, 3.63) is 18.2 Å². The molecule has 1 aromatic heterocycles. The van der Waals surface area contributed by atoms with Gasteiger partial charge in [0.15, 0.2) is 0 Å². The maximum absolute atomic E-state index is 4.33. The van der Waals surface area contributed by atoms with Crippen LogP contribution in [0.25, 0.3) is 0 Å². The molecule has 1 aliphatic carbocycles. The summed E-state index contributed by atoms with van der Waals surface area (Å²) in [5.41, 5.74) is 0. The zero-order valence-corrected chi connectivity index (χ0v) is 7.42. The molecule has 1 N–H and O–H groups in total. The van der Waals surface area contributed by atoms with E-state index in [2.05, 4.69) is 9.97 Å². The lowest BCUT2D eigenvalue weighted by molar-refractivity contribution is 0.566. The van der Waals surface area contributed by atoms with E-state index in [0.29, 0.717) is 5.92 Å². The van der Waals surface area contributed by atoms with E-state index in [0.717, 1.165) is 0 Å². The van der Waals surface area contributed by atoms with Crippen LogP contribution in [0.15, 0.2) is 12.4 Å². The predicted molar refractivity (Wildman–Crippen MR) is 49.0 cm³/mol. The molecule has 0 unspecified atom stereocenters. The molecule has 1 heterocycles. The quantitative estimate of drug-likeness (QED) is 0.635. The van der Waals surface area contributed by atoms with Gasteiger partial charge in [-0.2, -0.15) is 0 Å². The van der Waals surface area contributed by atoms with Crippen LogP contribution < -0.4 is 0 Å². The Kier molecular flexibility index (Phi) is 2.45. The Labute approximate surface area is 73.4 Å². The van der Waals surface area contributed by atoms with Crippen LogP contribution in [0.2, 0.25) is 0 Å². The molecule has 2 nitrogen and oxygen atoms in total. The zero-order valence-electron chi connectivity index (χ0n) is 7.42. The molecule has 0 aliphatic heterocycles. The molecule has 0 saturated heterocycles. The molecule has 1 saturated carbocycles. The maximum atomic E-state index is 4.33. The molecule has 0 spiro atoms. The highest BCUT2D eigenvalue weighted by molar-refractivity contribution is 4.97. The van der Waals surface area contributed by atoms with Crippen molar-refractivity contribution in [2.24, 2.45) is 0 Å². The molecular formula is C10H16N2. The molecule has 1 aromatic rings. The van der Waals surface area contributed by atoms with Crippen molar-refractivity contribution >= 4 is 0 Å². The van der Waals surface area contributed by atoms with Crippen LogP contribution in [0.3, 0.4) is 0 Å². The van der Waals surface area contributed by atoms with Gasteiger partial charge in [0.25, 0.3) is 0 Å². The van der Waals surface area contributed by atoms with Gasteiger partial charge in [-0.05, 0) is 12.8 Å². The standard InChI is InChI=1S/C10H16N2/c1-2-4-6-9(5-3-1)10-11-7-8-12-10/h7-9H,1-6H2,(H,11,12). The fourth-order valence-electron chi connectivity index (χ4n) is 2.05. The Morgan fingerprint density at radius 1 is 1.17 bits per heavy atom. The molecule has 2 rings (SSSR count). The summed E-state index contributed by atoms with van der Waals surface area (Å²) < 4.78 is 0. The summed E-state index contributed by atoms with van der Waals surface area (Å²) in [4.78, 5) is 7.55. The summed E-state index contributed by atoms with van der Waals surface area (Å²) in [6, 6.07) is 0. The third-order valence-corrected chi connectivity index (χ3v) is 2.76. The van der Waals surface area contributed by atoms with Gasteiger partial charge in [-0.3, -0.25) is 0 Å². The molecule has 0 amide bonds. The van der Waals surface area contributed by atoms with E-state index in [4.69, 9.17) is 0 Å². The lowest BCUT2D eigenvalue weighted by Crippen LogP contribution is -1.98. The number of hydrogen-bond donors (Lipinski definition) is 1. The third-order valence-electron chi connectivity index (χ3n) is 2.76. The number of rotatable bonds is 1. The fourth-order valence-corrected chi connectivity index (χ4v) is 2.05. The summed E-state index contributed by atoms with van der Waals surface area (Å²) in [5, 5.41) is 0. The van der Waals surface area contributed by atoms with Crippen molar-refractivity contribution in [3.8, 4) is 0 Å². The molecule has 0 radical (unpaired) electrons. The number of nitrogens with one attached hydrogen (secondary N) is 1.